The molecule has 7 nitrogen and oxygen atoms in total. The number of ether oxygens (including phenoxy) is 1. The highest BCUT2D eigenvalue weighted by molar-refractivity contribution is 5.76. The fourth-order valence-electron chi connectivity index (χ4n) is 3.82. The first kappa shape index (κ1) is 14.1. The third-order valence-corrected chi connectivity index (χ3v) is 5.12. The minimum atomic E-state index is 0.121. The topological polar surface area (TPSA) is 63.5 Å². The molecule has 120 valence electrons. The Kier molecular flexibility index (Phi) is 3.83. The van der Waals surface area contributed by atoms with Crippen molar-refractivity contribution in [3.63, 3.8) is 0 Å². The maximum Gasteiger partial charge on any atom is 0.223 e. The molecule has 22 heavy (non-hydrogen) atoms. The van der Waals surface area contributed by atoms with E-state index in [0.29, 0.717) is 19.6 Å². The van der Waals surface area contributed by atoms with Gasteiger partial charge in [-0.2, -0.15) is 0 Å². The van der Waals surface area contributed by atoms with Crippen LogP contribution in [-0.4, -0.2) is 69.5 Å². The molecule has 0 aromatic carbocycles. The summed E-state index contributed by atoms with van der Waals surface area (Å²) in [6, 6.07) is 0.121. The summed E-state index contributed by atoms with van der Waals surface area (Å²) in [6.45, 7) is 5.26. The molecule has 2 fully saturated rings. The molecule has 0 bridgehead atoms. The van der Waals surface area contributed by atoms with Gasteiger partial charge in [-0.3, -0.25) is 4.79 Å². The van der Waals surface area contributed by atoms with Crippen molar-refractivity contribution in [2.45, 2.75) is 44.4 Å². The molecule has 1 amide bonds. The van der Waals surface area contributed by atoms with Gasteiger partial charge in [0.1, 0.15) is 0 Å². The molecular weight excluding hydrogens is 282 g/mol. The van der Waals surface area contributed by atoms with E-state index in [-0.39, 0.29) is 18.1 Å². The van der Waals surface area contributed by atoms with Crippen LogP contribution < -0.4 is 0 Å². The predicted octanol–water partition coefficient (Wildman–Crippen LogP) is 0.436. The van der Waals surface area contributed by atoms with Crippen molar-refractivity contribution in [3.8, 4) is 0 Å². The molecule has 0 N–H and O–H groups in total. The minimum absolute atomic E-state index is 0.121. The summed E-state index contributed by atoms with van der Waals surface area (Å²) in [5.74, 6) is 0.262. The number of carbonyl (C=O) groups is 1. The monoisotopic (exact) mass is 305 g/mol. The zero-order valence-electron chi connectivity index (χ0n) is 12.9. The van der Waals surface area contributed by atoms with E-state index in [2.05, 4.69) is 15.2 Å². The Morgan fingerprint density at radius 1 is 1.32 bits per heavy atom. The quantitative estimate of drug-likeness (QED) is 0.811. The normalized spacial score (nSPS) is 28.5. The maximum absolute atomic E-state index is 12.5. The van der Waals surface area contributed by atoms with Gasteiger partial charge in [0, 0.05) is 26.1 Å². The van der Waals surface area contributed by atoms with Gasteiger partial charge in [-0.05, 0) is 32.4 Å². The summed E-state index contributed by atoms with van der Waals surface area (Å²) in [4.78, 5) is 16.9. The fourth-order valence-corrected chi connectivity index (χ4v) is 3.82. The van der Waals surface area contributed by atoms with E-state index in [1.54, 1.807) is 6.20 Å². The lowest BCUT2D eigenvalue weighted by molar-refractivity contribution is -0.138. The maximum atomic E-state index is 12.5. The van der Waals surface area contributed by atoms with E-state index in [9.17, 15) is 4.79 Å². The minimum Gasteiger partial charge on any atom is -0.370 e. The van der Waals surface area contributed by atoms with Gasteiger partial charge in [0.15, 0.2) is 0 Å². The Morgan fingerprint density at radius 3 is 3.05 bits per heavy atom. The molecule has 7 heteroatoms. The lowest BCUT2D eigenvalue weighted by Crippen LogP contribution is -2.50. The molecule has 2 saturated heterocycles. The second-order valence-electron chi connectivity index (χ2n) is 6.51. The molecule has 1 aromatic heterocycles. The number of fused-ring (bicyclic) bond motifs is 3. The number of piperidine rings is 1. The van der Waals surface area contributed by atoms with Gasteiger partial charge >= 0.3 is 0 Å². The second-order valence-corrected chi connectivity index (χ2v) is 6.51. The summed E-state index contributed by atoms with van der Waals surface area (Å²) < 4.78 is 7.84. The van der Waals surface area contributed by atoms with Crippen molar-refractivity contribution in [2.75, 3.05) is 32.7 Å². The number of hydrogen-bond donors (Lipinski definition) is 0. The number of rotatable bonds is 3. The fraction of sp³-hybridized carbons (Fsp3) is 0.800. The van der Waals surface area contributed by atoms with E-state index < -0.39 is 0 Å². The summed E-state index contributed by atoms with van der Waals surface area (Å²) in [5.41, 5.74) is 1.01. The Hall–Kier alpha value is -1.47. The third-order valence-electron chi connectivity index (χ3n) is 5.12. The SMILES string of the molecule is O=C(CCN1CCCC1)N1CC[C@H]2OCc3cnnn3[C@H]2C1. The van der Waals surface area contributed by atoms with Gasteiger partial charge in [-0.15, -0.1) is 5.10 Å². The van der Waals surface area contributed by atoms with Gasteiger partial charge < -0.3 is 14.5 Å². The molecule has 1 aromatic rings. The summed E-state index contributed by atoms with van der Waals surface area (Å²) in [5, 5.41) is 8.16. The van der Waals surface area contributed by atoms with Crippen LogP contribution in [0.5, 0.6) is 0 Å². The van der Waals surface area contributed by atoms with Crippen LogP contribution in [0.4, 0.5) is 0 Å². The zero-order valence-corrected chi connectivity index (χ0v) is 12.9. The van der Waals surface area contributed by atoms with Gasteiger partial charge in [-0.1, -0.05) is 5.21 Å². The van der Waals surface area contributed by atoms with Crippen molar-refractivity contribution >= 4 is 5.91 Å². The highest BCUT2D eigenvalue weighted by Gasteiger charge is 2.37. The summed E-state index contributed by atoms with van der Waals surface area (Å²) in [6.07, 6.45) is 5.98. The lowest BCUT2D eigenvalue weighted by atomic mass is 10.00. The Labute approximate surface area is 130 Å². The number of aromatic nitrogens is 3. The van der Waals surface area contributed by atoms with Crippen LogP contribution in [0, 0.1) is 0 Å². The van der Waals surface area contributed by atoms with Crippen LogP contribution >= 0.6 is 0 Å². The van der Waals surface area contributed by atoms with Gasteiger partial charge in [0.25, 0.3) is 0 Å². The van der Waals surface area contributed by atoms with E-state index >= 15 is 0 Å². The summed E-state index contributed by atoms with van der Waals surface area (Å²) >= 11 is 0. The first-order chi connectivity index (χ1) is 10.8. The first-order valence-electron chi connectivity index (χ1n) is 8.32. The van der Waals surface area contributed by atoms with Gasteiger partial charge in [0.05, 0.1) is 30.6 Å². The highest BCUT2D eigenvalue weighted by atomic mass is 16.5. The van der Waals surface area contributed by atoms with Crippen molar-refractivity contribution in [1.82, 2.24) is 24.8 Å². The van der Waals surface area contributed by atoms with Crippen molar-refractivity contribution in [2.24, 2.45) is 0 Å². The van der Waals surface area contributed by atoms with Gasteiger partial charge in [-0.25, -0.2) is 4.68 Å². The Bertz CT molecular complexity index is 540. The molecule has 4 rings (SSSR count). The molecule has 0 aliphatic carbocycles. The average molecular weight is 305 g/mol. The van der Waals surface area contributed by atoms with Crippen LogP contribution in [0.2, 0.25) is 0 Å². The molecule has 2 atom stereocenters. The van der Waals surface area contributed by atoms with Crippen LogP contribution in [0.1, 0.15) is 37.4 Å². The molecule has 0 saturated carbocycles. The molecule has 3 aliphatic heterocycles. The zero-order chi connectivity index (χ0) is 14.9. The summed E-state index contributed by atoms with van der Waals surface area (Å²) in [7, 11) is 0. The average Bonchev–Trinajstić information content (AvgIpc) is 3.23. The molecule has 4 heterocycles. The van der Waals surface area contributed by atoms with Crippen LogP contribution in [0.3, 0.4) is 0 Å². The number of hydrogen-bond acceptors (Lipinski definition) is 5. The van der Waals surface area contributed by atoms with E-state index in [4.69, 9.17) is 4.74 Å². The van der Waals surface area contributed by atoms with Crippen LogP contribution in [0.15, 0.2) is 6.20 Å². The number of amides is 1. The Balaban J connectivity index is 1.37. The number of nitrogens with zero attached hydrogens (tertiary/aromatic N) is 5. The molecule has 0 radical (unpaired) electrons. The standard InChI is InChI=1S/C15H23N5O2/c21-15(4-7-18-5-1-2-6-18)19-8-3-14-13(10-19)20-12(11-22-14)9-16-17-20/h9,13-14H,1-8,10-11H2/t13-,14+/m0/s1. The van der Waals surface area contributed by atoms with Crippen molar-refractivity contribution in [3.05, 3.63) is 11.9 Å². The van der Waals surface area contributed by atoms with Crippen LogP contribution in [-0.2, 0) is 16.1 Å². The first-order valence-corrected chi connectivity index (χ1v) is 8.32. The smallest absolute Gasteiger partial charge is 0.223 e. The molecule has 3 aliphatic rings. The number of likely N-dealkylation sites (tertiary alicyclic amines) is 2. The van der Waals surface area contributed by atoms with E-state index in [1.807, 2.05) is 9.58 Å². The molecule has 0 spiro atoms. The predicted molar refractivity (Wildman–Crippen MR) is 79.1 cm³/mol. The highest BCUT2D eigenvalue weighted by Crippen LogP contribution is 2.30. The molecular formula is C15H23N5O2. The molecule has 0 unspecified atom stereocenters. The van der Waals surface area contributed by atoms with Crippen molar-refractivity contribution < 1.29 is 9.53 Å². The van der Waals surface area contributed by atoms with Crippen LogP contribution in [0.25, 0.3) is 0 Å². The van der Waals surface area contributed by atoms with E-state index in [0.717, 1.165) is 38.3 Å². The second kappa shape index (κ2) is 5.96. The Morgan fingerprint density at radius 2 is 2.18 bits per heavy atom. The van der Waals surface area contributed by atoms with E-state index in [1.165, 1.54) is 12.8 Å². The van der Waals surface area contributed by atoms with Crippen molar-refractivity contribution in [1.29, 1.82) is 0 Å². The van der Waals surface area contributed by atoms with Gasteiger partial charge in [0.2, 0.25) is 5.91 Å². The number of carbonyl (C=O) groups excluding carboxylic acids is 1. The largest absolute Gasteiger partial charge is 0.370 e. The lowest BCUT2D eigenvalue weighted by Gasteiger charge is -2.41. The third kappa shape index (κ3) is 2.63.